The molecule has 0 saturated carbocycles. The summed E-state index contributed by atoms with van der Waals surface area (Å²) in [5.41, 5.74) is 0.585. The average Bonchev–Trinajstić information content (AvgIpc) is 3.13. The molecule has 11 heteroatoms. The van der Waals surface area contributed by atoms with E-state index in [1.54, 1.807) is 17.0 Å². The summed E-state index contributed by atoms with van der Waals surface area (Å²) in [6, 6.07) is 3.49. The Morgan fingerprint density at radius 2 is 2.03 bits per heavy atom. The minimum absolute atomic E-state index is 0.0326. The van der Waals surface area contributed by atoms with Crippen LogP contribution in [0.15, 0.2) is 12.1 Å². The second kappa shape index (κ2) is 8.03. The summed E-state index contributed by atoms with van der Waals surface area (Å²) < 4.78 is 0. The van der Waals surface area contributed by atoms with Crippen molar-refractivity contribution in [1.82, 2.24) is 25.1 Å². The molecule has 0 aliphatic carbocycles. The molecule has 4 N–H and O–H groups in total. The highest BCUT2D eigenvalue weighted by Crippen LogP contribution is 2.36. The molecule has 2 aliphatic heterocycles. The molecule has 0 radical (unpaired) electrons. The monoisotopic (exact) mass is 421 g/mol. The van der Waals surface area contributed by atoms with Gasteiger partial charge in [0.25, 0.3) is 0 Å². The van der Waals surface area contributed by atoms with Crippen LogP contribution >= 0.6 is 11.6 Å². The first-order chi connectivity index (χ1) is 13.9. The Labute approximate surface area is 172 Å². The van der Waals surface area contributed by atoms with Crippen LogP contribution in [-0.4, -0.2) is 66.5 Å². The highest BCUT2D eigenvalue weighted by Gasteiger charge is 2.42. The van der Waals surface area contributed by atoms with Crippen LogP contribution in [0.25, 0.3) is 0 Å². The van der Waals surface area contributed by atoms with Crippen molar-refractivity contribution in [3.63, 3.8) is 0 Å². The summed E-state index contributed by atoms with van der Waals surface area (Å²) in [6.07, 6.45) is 3.52. The molecule has 4 heterocycles. The van der Waals surface area contributed by atoms with Crippen LogP contribution in [-0.2, 0) is 6.61 Å². The van der Waals surface area contributed by atoms with Crippen molar-refractivity contribution in [3.8, 4) is 0 Å². The number of carboxylic acid groups (broad SMARTS) is 1. The van der Waals surface area contributed by atoms with Gasteiger partial charge in [0.2, 0.25) is 5.95 Å². The summed E-state index contributed by atoms with van der Waals surface area (Å²) in [7, 11) is 1.92. The molecule has 2 aromatic heterocycles. The standard InChI is InChI=1S/C18H24ClN7O3/c1-25(13-6-11-3-2-4-12(7-13)26(11)18(28)29)17-20-14(19)8-15(22-17)21-16-5-10(9-27)23-24-16/h5,8,11-13,27H,2-4,6-7,9H2,1H3,(H,28,29)(H2,20,21,22,23,24)/t11-,12+,13?. The first kappa shape index (κ1) is 19.7. The minimum Gasteiger partial charge on any atom is -0.465 e. The quantitative estimate of drug-likeness (QED) is 0.542. The molecule has 2 fully saturated rings. The summed E-state index contributed by atoms with van der Waals surface area (Å²) in [6.45, 7) is -0.134. The number of aliphatic hydroxyl groups excluding tert-OH is 1. The van der Waals surface area contributed by atoms with Crippen LogP contribution in [0.4, 0.5) is 22.4 Å². The maximum absolute atomic E-state index is 11.6. The molecule has 2 aliphatic rings. The Morgan fingerprint density at radius 3 is 2.66 bits per heavy atom. The van der Waals surface area contributed by atoms with Crippen molar-refractivity contribution >= 4 is 35.3 Å². The molecule has 4 rings (SSSR count). The number of halogens is 1. The minimum atomic E-state index is -0.826. The first-order valence-corrected chi connectivity index (χ1v) is 10.0. The summed E-state index contributed by atoms with van der Waals surface area (Å²) in [5.74, 6) is 1.48. The summed E-state index contributed by atoms with van der Waals surface area (Å²) in [4.78, 5) is 24.2. The van der Waals surface area contributed by atoms with Crippen LogP contribution in [0, 0.1) is 0 Å². The fraction of sp³-hybridized carbons (Fsp3) is 0.556. The van der Waals surface area contributed by atoms with E-state index in [9.17, 15) is 9.90 Å². The Kier molecular flexibility index (Phi) is 5.46. The lowest BCUT2D eigenvalue weighted by atomic mass is 9.81. The molecule has 1 amide bonds. The fourth-order valence-corrected chi connectivity index (χ4v) is 4.59. The van der Waals surface area contributed by atoms with Gasteiger partial charge in [0.05, 0.1) is 12.3 Å². The predicted molar refractivity (Wildman–Crippen MR) is 108 cm³/mol. The predicted octanol–water partition coefficient (Wildman–Crippen LogP) is 2.59. The number of aromatic amines is 1. The molecule has 3 atom stereocenters. The van der Waals surface area contributed by atoms with Gasteiger partial charge in [-0.1, -0.05) is 11.6 Å². The number of rotatable bonds is 5. The van der Waals surface area contributed by atoms with E-state index in [1.165, 1.54) is 0 Å². The van der Waals surface area contributed by atoms with Gasteiger partial charge in [-0.15, -0.1) is 0 Å². The number of hydrogen-bond donors (Lipinski definition) is 4. The number of nitrogens with zero attached hydrogens (tertiary/aromatic N) is 5. The lowest BCUT2D eigenvalue weighted by Gasteiger charge is -2.49. The van der Waals surface area contributed by atoms with Crippen molar-refractivity contribution < 1.29 is 15.0 Å². The Balaban J connectivity index is 1.52. The van der Waals surface area contributed by atoms with E-state index in [4.69, 9.17) is 16.7 Å². The van der Waals surface area contributed by atoms with Gasteiger partial charge in [-0.2, -0.15) is 10.1 Å². The topological polar surface area (TPSA) is 130 Å². The van der Waals surface area contributed by atoms with Gasteiger partial charge in [0.1, 0.15) is 11.0 Å². The van der Waals surface area contributed by atoms with E-state index in [2.05, 4.69) is 25.5 Å². The van der Waals surface area contributed by atoms with Gasteiger partial charge < -0.3 is 25.3 Å². The Bertz CT molecular complexity index is 878. The van der Waals surface area contributed by atoms with Gasteiger partial charge in [-0.3, -0.25) is 5.10 Å². The molecule has 156 valence electrons. The van der Waals surface area contributed by atoms with Crippen LogP contribution in [0.3, 0.4) is 0 Å². The molecule has 2 aromatic rings. The third-order valence-corrected chi connectivity index (χ3v) is 5.97. The SMILES string of the molecule is CN(c1nc(Cl)cc(Nc2cc(CO)[nH]n2)n1)C1C[C@H]2CCC[C@@H](C1)N2C(=O)O. The van der Waals surface area contributed by atoms with Gasteiger partial charge >= 0.3 is 6.09 Å². The lowest BCUT2D eigenvalue weighted by molar-refractivity contribution is 0.0351. The van der Waals surface area contributed by atoms with Crippen LogP contribution < -0.4 is 10.2 Å². The third-order valence-electron chi connectivity index (χ3n) is 5.77. The number of anilines is 3. The van der Waals surface area contributed by atoms with Crippen molar-refractivity contribution in [3.05, 3.63) is 23.0 Å². The Hall–Kier alpha value is -2.59. The van der Waals surface area contributed by atoms with Gasteiger partial charge in [-0.25, -0.2) is 9.78 Å². The number of amides is 1. The summed E-state index contributed by atoms with van der Waals surface area (Å²) >= 11 is 6.22. The zero-order valence-corrected chi connectivity index (χ0v) is 16.8. The van der Waals surface area contributed by atoms with Crippen molar-refractivity contribution in [2.24, 2.45) is 0 Å². The molecular weight excluding hydrogens is 398 g/mol. The van der Waals surface area contributed by atoms with Crippen LogP contribution in [0.5, 0.6) is 0 Å². The second-order valence-electron chi connectivity index (χ2n) is 7.60. The fourth-order valence-electron chi connectivity index (χ4n) is 4.41. The first-order valence-electron chi connectivity index (χ1n) is 9.65. The molecule has 0 spiro atoms. The van der Waals surface area contributed by atoms with Crippen molar-refractivity contribution in [2.45, 2.75) is 56.8 Å². The zero-order chi connectivity index (χ0) is 20.5. The van der Waals surface area contributed by atoms with Gasteiger partial charge in [-0.05, 0) is 32.1 Å². The molecule has 1 unspecified atom stereocenters. The number of H-pyrrole nitrogens is 1. The molecule has 10 nitrogen and oxygen atoms in total. The van der Waals surface area contributed by atoms with E-state index in [0.29, 0.717) is 28.4 Å². The molecule has 2 saturated heterocycles. The smallest absolute Gasteiger partial charge is 0.407 e. The highest BCUT2D eigenvalue weighted by atomic mass is 35.5. The maximum Gasteiger partial charge on any atom is 0.407 e. The number of carbonyl (C=O) groups is 1. The molecule has 0 aromatic carbocycles. The number of piperidine rings is 2. The van der Waals surface area contributed by atoms with E-state index >= 15 is 0 Å². The van der Waals surface area contributed by atoms with E-state index in [-0.39, 0.29) is 24.7 Å². The normalized spacial score (nSPS) is 23.7. The number of aliphatic hydroxyl groups is 1. The maximum atomic E-state index is 11.6. The van der Waals surface area contributed by atoms with Crippen molar-refractivity contribution in [2.75, 3.05) is 17.3 Å². The van der Waals surface area contributed by atoms with Crippen LogP contribution in [0.2, 0.25) is 5.15 Å². The van der Waals surface area contributed by atoms with E-state index < -0.39 is 6.09 Å². The lowest BCUT2D eigenvalue weighted by Crippen LogP contribution is -2.58. The van der Waals surface area contributed by atoms with E-state index in [1.807, 2.05) is 11.9 Å². The largest absolute Gasteiger partial charge is 0.465 e. The van der Waals surface area contributed by atoms with Crippen molar-refractivity contribution in [1.29, 1.82) is 0 Å². The third kappa shape index (κ3) is 4.08. The number of aromatic nitrogens is 4. The van der Waals surface area contributed by atoms with E-state index in [0.717, 1.165) is 32.1 Å². The number of fused-ring (bicyclic) bond motifs is 2. The van der Waals surface area contributed by atoms with Gasteiger partial charge in [0.15, 0.2) is 5.82 Å². The molecule has 29 heavy (non-hydrogen) atoms. The molecular formula is C18H24ClN7O3. The number of nitrogens with one attached hydrogen (secondary N) is 2. The molecule has 2 bridgehead atoms. The van der Waals surface area contributed by atoms with Gasteiger partial charge in [0, 0.05) is 37.3 Å². The second-order valence-corrected chi connectivity index (χ2v) is 7.99. The highest BCUT2D eigenvalue weighted by molar-refractivity contribution is 6.29. The average molecular weight is 422 g/mol. The Morgan fingerprint density at radius 1 is 1.31 bits per heavy atom. The number of hydrogen-bond acceptors (Lipinski definition) is 7. The zero-order valence-electron chi connectivity index (χ0n) is 16.0. The summed E-state index contributed by atoms with van der Waals surface area (Å²) in [5, 5.41) is 28.8. The van der Waals surface area contributed by atoms with Crippen LogP contribution in [0.1, 0.15) is 37.8 Å².